The molecule has 2 heterocycles. The number of fused-ring (bicyclic) bond motifs is 1. The first-order valence-corrected chi connectivity index (χ1v) is 14.7. The van der Waals surface area contributed by atoms with Crippen molar-refractivity contribution in [3.63, 3.8) is 0 Å². The summed E-state index contributed by atoms with van der Waals surface area (Å²) in [6.07, 6.45) is -3.62. The van der Waals surface area contributed by atoms with Gasteiger partial charge < -0.3 is 14.6 Å². The second-order valence-corrected chi connectivity index (χ2v) is 11.7. The summed E-state index contributed by atoms with van der Waals surface area (Å²) in [7, 11) is -3.28. The van der Waals surface area contributed by atoms with E-state index >= 15 is 0 Å². The van der Waals surface area contributed by atoms with Gasteiger partial charge in [-0.25, -0.2) is 8.42 Å². The van der Waals surface area contributed by atoms with E-state index in [1.165, 1.54) is 30.5 Å². The molecule has 0 spiro atoms. The highest BCUT2D eigenvalue weighted by Crippen LogP contribution is 2.31. The highest BCUT2D eigenvalue weighted by molar-refractivity contribution is 7.90. The van der Waals surface area contributed by atoms with Crippen molar-refractivity contribution >= 4 is 32.1 Å². The quantitative estimate of drug-likeness (QED) is 0.201. The lowest BCUT2D eigenvalue weighted by Crippen LogP contribution is -2.16. The average Bonchev–Trinajstić information content (AvgIpc) is 3.58. The zero-order valence-corrected chi connectivity index (χ0v) is 23.2. The average molecular weight is 606 g/mol. The highest BCUT2D eigenvalue weighted by atomic mass is 32.2. The normalized spacial score (nSPS) is 12.0. The van der Waals surface area contributed by atoms with E-state index in [0.717, 1.165) is 27.8 Å². The van der Waals surface area contributed by atoms with Crippen LogP contribution >= 0.6 is 0 Å². The fourth-order valence-electron chi connectivity index (χ4n) is 4.52. The van der Waals surface area contributed by atoms with Crippen molar-refractivity contribution in [1.82, 2.24) is 19.9 Å². The van der Waals surface area contributed by atoms with Crippen LogP contribution in [0.25, 0.3) is 33.9 Å². The maximum absolute atomic E-state index is 12.5. The number of anilines is 2. The molecular weight excluding hydrogens is 583 g/mol. The Labute approximate surface area is 243 Å². The van der Waals surface area contributed by atoms with Gasteiger partial charge in [-0.1, -0.05) is 35.5 Å². The molecule has 0 amide bonds. The van der Waals surface area contributed by atoms with Crippen molar-refractivity contribution < 1.29 is 30.8 Å². The van der Waals surface area contributed by atoms with Gasteiger partial charge in [0, 0.05) is 28.6 Å². The lowest BCUT2D eigenvalue weighted by Gasteiger charge is -2.10. The summed E-state index contributed by atoms with van der Waals surface area (Å²) < 4.78 is 72.2. The molecule has 0 unspecified atom stereocenters. The van der Waals surface area contributed by atoms with E-state index in [-0.39, 0.29) is 22.4 Å². The Morgan fingerprint density at radius 1 is 0.907 bits per heavy atom. The molecule has 0 bridgehead atoms. The fourth-order valence-corrected chi connectivity index (χ4v) is 5.15. The number of nitrogens with one attached hydrogen (secondary N) is 1. The number of sulfone groups is 1. The summed E-state index contributed by atoms with van der Waals surface area (Å²) >= 11 is 0. The fraction of sp³-hybridized carbons (Fsp3) is 0.100. The molecule has 0 aliphatic carbocycles. The molecule has 0 atom stereocenters. The van der Waals surface area contributed by atoms with Gasteiger partial charge in [0.25, 0.3) is 5.89 Å². The van der Waals surface area contributed by atoms with Crippen LogP contribution in [0.2, 0.25) is 0 Å². The Bertz CT molecular complexity index is 2020. The van der Waals surface area contributed by atoms with Gasteiger partial charge in [0.1, 0.15) is 5.75 Å². The van der Waals surface area contributed by atoms with Crippen molar-refractivity contribution in [1.29, 1.82) is 0 Å². The van der Waals surface area contributed by atoms with Crippen molar-refractivity contribution in [2.75, 3.05) is 11.6 Å². The minimum absolute atomic E-state index is 0.161. The van der Waals surface area contributed by atoms with Gasteiger partial charge in [0.05, 0.1) is 17.0 Å². The molecule has 0 radical (unpaired) electrons. The molecule has 1 N–H and O–H groups in total. The molecule has 0 aliphatic rings. The first-order chi connectivity index (χ1) is 20.5. The molecule has 0 fully saturated rings. The number of aromatic nitrogens is 4. The maximum Gasteiger partial charge on any atom is 0.573 e. The second kappa shape index (κ2) is 10.9. The number of halogens is 3. The molecule has 4 aromatic carbocycles. The Hall–Kier alpha value is -5.17. The van der Waals surface area contributed by atoms with Crippen molar-refractivity contribution in [2.24, 2.45) is 0 Å². The van der Waals surface area contributed by atoms with Crippen molar-refractivity contribution in [3.05, 3.63) is 103 Å². The summed E-state index contributed by atoms with van der Waals surface area (Å²) in [6.45, 7) is 0.421. The lowest BCUT2D eigenvalue weighted by molar-refractivity contribution is -0.274. The molecule has 2 aromatic heterocycles. The van der Waals surface area contributed by atoms with E-state index in [4.69, 9.17) is 9.62 Å². The molecule has 6 rings (SSSR count). The minimum Gasteiger partial charge on any atom is -0.406 e. The van der Waals surface area contributed by atoms with Crippen molar-refractivity contribution in [2.45, 2.75) is 17.8 Å². The van der Waals surface area contributed by atoms with Gasteiger partial charge >= 0.3 is 6.36 Å². The third-order valence-corrected chi connectivity index (χ3v) is 7.59. The Kier molecular flexibility index (Phi) is 7.10. The zero-order chi connectivity index (χ0) is 30.2. The molecular formula is C30H22F3N5O4S. The van der Waals surface area contributed by atoms with Gasteiger partial charge in [0.2, 0.25) is 5.82 Å². The van der Waals surface area contributed by atoms with Gasteiger partial charge in [-0.15, -0.1) is 13.2 Å². The molecule has 0 saturated carbocycles. The molecule has 0 saturated heterocycles. The van der Waals surface area contributed by atoms with E-state index in [1.807, 2.05) is 53.2 Å². The van der Waals surface area contributed by atoms with Gasteiger partial charge in [-0.05, 0) is 72.3 Å². The zero-order valence-electron chi connectivity index (χ0n) is 22.4. The van der Waals surface area contributed by atoms with Crippen LogP contribution in [0, 0.1) is 0 Å². The van der Waals surface area contributed by atoms with Gasteiger partial charge in [-0.3, -0.25) is 4.68 Å². The lowest BCUT2D eigenvalue weighted by atomic mass is 10.1. The number of alkyl halides is 3. The van der Waals surface area contributed by atoms with E-state index < -0.39 is 16.2 Å². The van der Waals surface area contributed by atoms with E-state index in [2.05, 4.69) is 20.2 Å². The van der Waals surface area contributed by atoms with Crippen LogP contribution in [0.1, 0.15) is 5.56 Å². The number of hydrogen-bond acceptors (Lipinski definition) is 8. The minimum atomic E-state index is -4.79. The largest absolute Gasteiger partial charge is 0.573 e. The predicted molar refractivity (Wildman–Crippen MR) is 154 cm³/mol. The third kappa shape index (κ3) is 6.36. The van der Waals surface area contributed by atoms with Crippen LogP contribution in [-0.4, -0.2) is 41.0 Å². The molecule has 0 aliphatic heterocycles. The number of benzene rings is 4. The maximum atomic E-state index is 12.5. The van der Waals surface area contributed by atoms with Gasteiger partial charge in [0.15, 0.2) is 15.5 Å². The van der Waals surface area contributed by atoms with Crippen LogP contribution in [0.5, 0.6) is 5.75 Å². The summed E-state index contributed by atoms with van der Waals surface area (Å²) in [5, 5.41) is 12.8. The van der Waals surface area contributed by atoms with E-state index in [0.29, 0.717) is 17.8 Å². The number of rotatable bonds is 8. The van der Waals surface area contributed by atoms with E-state index in [9.17, 15) is 21.6 Å². The number of para-hydroxylation sites is 1. The van der Waals surface area contributed by atoms with E-state index in [1.54, 1.807) is 24.3 Å². The standard InChI is InChI=1S/C30H22F3N5O4S/c1-43(39,40)24-15-11-21(12-16-24)34-22-6-4-5-19(17-22)18-38-26-8-3-2-7-25(26)27(36-38)29-35-28(37-42-29)20-9-13-23(14-10-20)41-30(31,32)33/h2-17,34H,18H2,1H3. The molecule has 13 heteroatoms. The summed E-state index contributed by atoms with van der Waals surface area (Å²) in [4.78, 5) is 4.69. The molecule has 9 nitrogen and oxygen atoms in total. The SMILES string of the molecule is CS(=O)(=O)c1ccc(Nc2cccc(Cn3nc(-c4nc(-c5ccc(OC(F)(F)F)cc5)no4)c4ccccc43)c2)cc1. The number of hydrogen-bond donors (Lipinski definition) is 1. The number of ether oxygens (including phenoxy) is 1. The van der Waals surface area contributed by atoms with Crippen LogP contribution < -0.4 is 10.1 Å². The summed E-state index contributed by atoms with van der Waals surface area (Å²) in [5.74, 6) is -0.00196. The topological polar surface area (TPSA) is 112 Å². The molecule has 6 aromatic rings. The first-order valence-electron chi connectivity index (χ1n) is 12.8. The van der Waals surface area contributed by atoms with Crippen LogP contribution in [0.3, 0.4) is 0 Å². The summed E-state index contributed by atoms with van der Waals surface area (Å²) in [6, 6.07) is 27.0. The Morgan fingerprint density at radius 3 is 2.37 bits per heavy atom. The summed E-state index contributed by atoms with van der Waals surface area (Å²) in [5.41, 5.74) is 4.25. The van der Waals surface area contributed by atoms with Crippen LogP contribution in [0.4, 0.5) is 24.5 Å². The Balaban J connectivity index is 1.24. The number of nitrogens with zero attached hydrogens (tertiary/aromatic N) is 4. The predicted octanol–water partition coefficient (Wildman–Crippen LogP) is 6.85. The molecule has 218 valence electrons. The van der Waals surface area contributed by atoms with Gasteiger partial charge in [-0.2, -0.15) is 10.1 Å². The highest BCUT2D eigenvalue weighted by Gasteiger charge is 2.31. The molecule has 43 heavy (non-hydrogen) atoms. The smallest absolute Gasteiger partial charge is 0.406 e. The second-order valence-electron chi connectivity index (χ2n) is 9.64. The van der Waals surface area contributed by atoms with Crippen molar-refractivity contribution in [3.8, 4) is 28.7 Å². The monoisotopic (exact) mass is 605 g/mol. The first kappa shape index (κ1) is 28.0. The Morgan fingerprint density at radius 2 is 1.65 bits per heavy atom. The third-order valence-electron chi connectivity index (χ3n) is 6.46. The van der Waals surface area contributed by atoms with Crippen LogP contribution in [0.15, 0.2) is 106 Å². The van der Waals surface area contributed by atoms with Crippen LogP contribution in [-0.2, 0) is 16.4 Å².